The van der Waals surface area contributed by atoms with Crippen LogP contribution in [0.25, 0.3) is 0 Å². The van der Waals surface area contributed by atoms with Gasteiger partial charge in [0.25, 0.3) is 0 Å². The number of hydrogen-bond acceptors (Lipinski definition) is 3. The summed E-state index contributed by atoms with van der Waals surface area (Å²) >= 11 is 0. The maximum absolute atomic E-state index is 13.6. The molecule has 1 heterocycles. The van der Waals surface area contributed by atoms with E-state index in [9.17, 15) is 4.21 Å². The highest BCUT2D eigenvalue weighted by Gasteiger charge is 2.16. The van der Waals surface area contributed by atoms with Gasteiger partial charge in [-0.25, -0.2) is 8.57 Å². The van der Waals surface area contributed by atoms with Crippen LogP contribution in [-0.4, -0.2) is 35.3 Å². The van der Waals surface area contributed by atoms with E-state index in [2.05, 4.69) is 9.26 Å². The van der Waals surface area contributed by atoms with Crippen LogP contribution in [-0.2, 0) is 9.73 Å². The van der Waals surface area contributed by atoms with Gasteiger partial charge in [-0.15, -0.1) is 0 Å². The van der Waals surface area contributed by atoms with Crippen LogP contribution in [0.15, 0.2) is 74.8 Å². The van der Waals surface area contributed by atoms with Crippen LogP contribution in [0.2, 0.25) is 0 Å². The number of likely N-dealkylation sites (tertiary alicyclic amines) is 1. The lowest BCUT2D eigenvalue weighted by Crippen LogP contribution is -2.32. The molecule has 0 bridgehead atoms. The van der Waals surface area contributed by atoms with Crippen molar-refractivity contribution in [2.75, 3.05) is 26.2 Å². The molecule has 1 saturated heterocycles. The lowest BCUT2D eigenvalue weighted by atomic mass is 10.1. The average molecular weight is 328 g/mol. The standard InChI is InChI=1S/C19H24N2OS/c22-23(18-10-4-1-5-11-18,19-12-6-2-7-13-19)20-14-17-21-15-8-3-9-16-21/h1-2,4-7,10-13H,3,8-9,14-17H2. The third-order valence-corrected chi connectivity index (χ3v) is 6.63. The molecule has 2 aromatic carbocycles. The summed E-state index contributed by atoms with van der Waals surface area (Å²) in [5, 5.41) is 0. The third-order valence-electron chi connectivity index (χ3n) is 4.26. The predicted octanol–water partition coefficient (Wildman–Crippen LogP) is 4.06. The molecule has 1 fully saturated rings. The van der Waals surface area contributed by atoms with Gasteiger partial charge in [0.15, 0.2) is 0 Å². The molecule has 3 nitrogen and oxygen atoms in total. The molecular weight excluding hydrogens is 304 g/mol. The fourth-order valence-corrected chi connectivity index (χ4v) is 4.95. The van der Waals surface area contributed by atoms with E-state index < -0.39 is 9.73 Å². The van der Waals surface area contributed by atoms with Gasteiger partial charge in [-0.05, 0) is 50.2 Å². The molecule has 0 atom stereocenters. The Bertz CT molecular complexity index is 670. The van der Waals surface area contributed by atoms with Gasteiger partial charge in [-0.3, -0.25) is 0 Å². The zero-order chi connectivity index (χ0) is 16.0. The fraction of sp³-hybridized carbons (Fsp3) is 0.368. The highest BCUT2D eigenvalue weighted by atomic mass is 32.2. The van der Waals surface area contributed by atoms with E-state index in [1.165, 1.54) is 19.3 Å². The van der Waals surface area contributed by atoms with E-state index in [-0.39, 0.29) is 0 Å². The van der Waals surface area contributed by atoms with Gasteiger partial charge in [-0.1, -0.05) is 42.8 Å². The fourth-order valence-electron chi connectivity index (χ4n) is 2.99. The summed E-state index contributed by atoms with van der Waals surface area (Å²) in [6.07, 6.45) is 3.87. The lowest BCUT2D eigenvalue weighted by molar-refractivity contribution is 0.235. The van der Waals surface area contributed by atoms with Crippen LogP contribution >= 0.6 is 0 Å². The van der Waals surface area contributed by atoms with Crippen LogP contribution in [0.5, 0.6) is 0 Å². The van der Waals surface area contributed by atoms with Crippen molar-refractivity contribution in [3.63, 3.8) is 0 Å². The molecule has 1 aliphatic heterocycles. The molecule has 122 valence electrons. The van der Waals surface area contributed by atoms with Crippen molar-refractivity contribution < 1.29 is 4.21 Å². The summed E-state index contributed by atoms with van der Waals surface area (Å²) in [5.74, 6) is 0. The third kappa shape index (κ3) is 4.01. The van der Waals surface area contributed by atoms with Crippen LogP contribution in [0.3, 0.4) is 0 Å². The van der Waals surface area contributed by atoms with Crippen molar-refractivity contribution in [1.82, 2.24) is 4.90 Å². The first-order valence-corrected chi connectivity index (χ1v) is 9.86. The number of nitrogens with zero attached hydrogens (tertiary/aromatic N) is 2. The minimum absolute atomic E-state index is 0.614. The van der Waals surface area contributed by atoms with Gasteiger partial charge in [0.2, 0.25) is 0 Å². The van der Waals surface area contributed by atoms with Gasteiger partial charge in [0.1, 0.15) is 9.73 Å². The first-order chi connectivity index (χ1) is 11.3. The molecule has 3 rings (SSSR count). The average Bonchev–Trinajstić information content (AvgIpc) is 2.64. The van der Waals surface area contributed by atoms with Crippen molar-refractivity contribution >= 4 is 9.73 Å². The van der Waals surface area contributed by atoms with E-state index in [1.54, 1.807) is 0 Å². The molecule has 0 unspecified atom stereocenters. The maximum atomic E-state index is 13.6. The van der Waals surface area contributed by atoms with Crippen LogP contribution in [0, 0.1) is 0 Å². The van der Waals surface area contributed by atoms with Gasteiger partial charge < -0.3 is 4.90 Å². The first kappa shape index (κ1) is 16.2. The van der Waals surface area contributed by atoms with Crippen molar-refractivity contribution in [1.29, 1.82) is 0 Å². The second kappa shape index (κ2) is 7.75. The summed E-state index contributed by atoms with van der Waals surface area (Å²) in [6, 6.07) is 19.3. The Labute approximate surface area is 139 Å². The number of hydrogen-bond donors (Lipinski definition) is 0. The summed E-state index contributed by atoms with van der Waals surface area (Å²) in [4.78, 5) is 4.03. The Morgan fingerprint density at radius 3 is 1.87 bits per heavy atom. The van der Waals surface area contributed by atoms with Gasteiger partial charge in [0.05, 0.1) is 16.3 Å². The summed E-state index contributed by atoms with van der Waals surface area (Å²) in [5.41, 5.74) is 0. The zero-order valence-corrected chi connectivity index (χ0v) is 14.3. The minimum atomic E-state index is -2.55. The number of rotatable bonds is 5. The molecular formula is C19H24N2OS. The minimum Gasteiger partial charge on any atom is -0.301 e. The van der Waals surface area contributed by atoms with Crippen LogP contribution in [0.1, 0.15) is 19.3 Å². The molecule has 0 radical (unpaired) electrons. The smallest absolute Gasteiger partial charge is 0.104 e. The van der Waals surface area contributed by atoms with E-state index >= 15 is 0 Å². The molecule has 23 heavy (non-hydrogen) atoms. The Hall–Kier alpha value is -1.65. The highest BCUT2D eigenvalue weighted by Crippen LogP contribution is 2.23. The summed E-state index contributed by atoms with van der Waals surface area (Å²) in [7, 11) is -2.55. The Kier molecular flexibility index (Phi) is 5.47. The topological polar surface area (TPSA) is 32.7 Å². The Balaban J connectivity index is 1.86. The summed E-state index contributed by atoms with van der Waals surface area (Å²) in [6.45, 7) is 3.81. The van der Waals surface area contributed by atoms with Crippen molar-refractivity contribution in [2.45, 2.75) is 29.1 Å². The van der Waals surface area contributed by atoms with Crippen LogP contribution in [0.4, 0.5) is 0 Å². The SMILES string of the molecule is O=S(=NCCN1CCCCC1)(c1ccccc1)c1ccccc1. The highest BCUT2D eigenvalue weighted by molar-refractivity contribution is 7.93. The Morgan fingerprint density at radius 2 is 1.35 bits per heavy atom. The normalized spacial score (nSPS) is 16.2. The van der Waals surface area contributed by atoms with Crippen molar-refractivity contribution in [2.24, 2.45) is 4.36 Å². The molecule has 1 aliphatic rings. The number of piperidine rings is 1. The molecule has 0 spiro atoms. The molecule has 4 heteroatoms. The van der Waals surface area contributed by atoms with Gasteiger partial charge in [0, 0.05) is 6.54 Å². The van der Waals surface area contributed by atoms with Gasteiger partial charge in [-0.2, -0.15) is 0 Å². The molecule has 0 amide bonds. The molecule has 0 aromatic heterocycles. The molecule has 0 saturated carbocycles. The van der Waals surface area contributed by atoms with E-state index in [1.807, 2.05) is 60.7 Å². The molecule has 0 aliphatic carbocycles. The lowest BCUT2D eigenvalue weighted by Gasteiger charge is -2.25. The Morgan fingerprint density at radius 1 is 0.826 bits per heavy atom. The second-order valence-electron chi connectivity index (χ2n) is 5.91. The molecule has 0 N–H and O–H groups in total. The van der Waals surface area contributed by atoms with Crippen molar-refractivity contribution in [3.8, 4) is 0 Å². The van der Waals surface area contributed by atoms with E-state index in [4.69, 9.17) is 0 Å². The largest absolute Gasteiger partial charge is 0.301 e. The van der Waals surface area contributed by atoms with Crippen molar-refractivity contribution in [3.05, 3.63) is 60.7 Å². The van der Waals surface area contributed by atoms with E-state index in [0.717, 1.165) is 29.4 Å². The quantitative estimate of drug-likeness (QED) is 0.829. The predicted molar refractivity (Wildman–Crippen MR) is 95.1 cm³/mol. The summed E-state index contributed by atoms with van der Waals surface area (Å²) < 4.78 is 18.3. The van der Waals surface area contributed by atoms with Gasteiger partial charge >= 0.3 is 0 Å². The van der Waals surface area contributed by atoms with E-state index in [0.29, 0.717) is 6.54 Å². The monoisotopic (exact) mass is 328 g/mol. The maximum Gasteiger partial charge on any atom is 0.104 e. The first-order valence-electron chi connectivity index (χ1n) is 8.34. The molecule has 2 aromatic rings. The zero-order valence-electron chi connectivity index (χ0n) is 13.4. The number of benzene rings is 2. The van der Waals surface area contributed by atoms with Crippen LogP contribution < -0.4 is 0 Å². The second-order valence-corrected chi connectivity index (χ2v) is 8.16.